The van der Waals surface area contributed by atoms with E-state index in [-0.39, 0.29) is 17.1 Å². The molecule has 0 spiro atoms. The molecular weight excluding hydrogens is 236 g/mol. The van der Waals surface area contributed by atoms with E-state index in [9.17, 15) is 4.79 Å². The Morgan fingerprint density at radius 3 is 2.53 bits per heavy atom. The molecule has 0 fully saturated rings. The van der Waals surface area contributed by atoms with Gasteiger partial charge in [0.2, 0.25) is 0 Å². The summed E-state index contributed by atoms with van der Waals surface area (Å²) in [6.45, 7) is 4.04. The van der Waals surface area contributed by atoms with Crippen molar-refractivity contribution in [2.24, 2.45) is 5.73 Å². The molecule has 1 rings (SSSR count). The van der Waals surface area contributed by atoms with Crippen LogP contribution in [0.15, 0.2) is 24.3 Å². The Kier molecular flexibility index (Phi) is 4.90. The van der Waals surface area contributed by atoms with Gasteiger partial charge in [0.1, 0.15) is 5.75 Å². The molecule has 5 heteroatoms. The zero-order valence-electron chi connectivity index (χ0n) is 9.90. The lowest BCUT2D eigenvalue weighted by atomic mass is 10.2. The van der Waals surface area contributed by atoms with Crippen LogP contribution in [0, 0.1) is 0 Å². The molecule has 0 aliphatic carbocycles. The van der Waals surface area contributed by atoms with E-state index in [1.165, 1.54) is 0 Å². The summed E-state index contributed by atoms with van der Waals surface area (Å²) in [5, 5.41) is 2.33. The van der Waals surface area contributed by atoms with Gasteiger partial charge in [-0.05, 0) is 49.8 Å². The lowest BCUT2D eigenvalue weighted by Gasteiger charge is -2.12. The minimum Gasteiger partial charge on any atom is -0.491 e. The third-order valence-corrected chi connectivity index (χ3v) is 2.37. The fourth-order valence-electron chi connectivity index (χ4n) is 1.18. The van der Waals surface area contributed by atoms with Crippen LogP contribution in [0.5, 0.6) is 5.75 Å². The van der Waals surface area contributed by atoms with Crippen molar-refractivity contribution < 1.29 is 9.53 Å². The van der Waals surface area contributed by atoms with Crippen molar-refractivity contribution in [1.29, 1.82) is 0 Å². The van der Waals surface area contributed by atoms with Gasteiger partial charge < -0.3 is 10.5 Å². The van der Waals surface area contributed by atoms with Gasteiger partial charge in [0.05, 0.1) is 6.10 Å². The van der Waals surface area contributed by atoms with Crippen molar-refractivity contribution >= 4 is 23.2 Å². The third-order valence-electron chi connectivity index (χ3n) is 2.27. The van der Waals surface area contributed by atoms with Crippen molar-refractivity contribution in [3.8, 4) is 5.75 Å². The molecule has 1 aromatic rings. The van der Waals surface area contributed by atoms with Crippen molar-refractivity contribution in [2.75, 3.05) is 0 Å². The number of carbonyl (C=O) groups excluding carboxylic acids is 1. The number of nitrogens with two attached hydrogens (primary N) is 1. The minimum atomic E-state index is -0.312. The summed E-state index contributed by atoms with van der Waals surface area (Å²) >= 11 is 4.59. The molecule has 0 heterocycles. The predicted molar refractivity (Wildman–Crippen MR) is 71.1 cm³/mol. The average molecular weight is 252 g/mol. The van der Waals surface area contributed by atoms with Crippen LogP contribution in [0.2, 0.25) is 0 Å². The Morgan fingerprint density at radius 1 is 1.47 bits per heavy atom. The highest BCUT2D eigenvalue weighted by Crippen LogP contribution is 2.14. The van der Waals surface area contributed by atoms with Crippen LogP contribution >= 0.6 is 12.2 Å². The molecule has 92 valence electrons. The topological polar surface area (TPSA) is 64.3 Å². The molecule has 1 atom stereocenters. The van der Waals surface area contributed by atoms with E-state index >= 15 is 0 Å². The standard InChI is InChI=1S/C12H16N2O2S/c1-3-8(2)16-10-6-4-9(5-7-10)11(15)14-12(13)17/h4-8H,3H2,1-2H3,(H3,13,14,15,17). The summed E-state index contributed by atoms with van der Waals surface area (Å²) in [5.74, 6) is 0.429. The third kappa shape index (κ3) is 4.40. The van der Waals surface area contributed by atoms with Crippen molar-refractivity contribution in [2.45, 2.75) is 26.4 Å². The van der Waals surface area contributed by atoms with Crippen LogP contribution in [0.3, 0.4) is 0 Å². The van der Waals surface area contributed by atoms with Crippen molar-refractivity contribution in [3.63, 3.8) is 0 Å². The Hall–Kier alpha value is -1.62. The first-order valence-electron chi connectivity index (χ1n) is 5.40. The number of hydrogen-bond acceptors (Lipinski definition) is 3. The zero-order chi connectivity index (χ0) is 12.8. The molecule has 0 radical (unpaired) electrons. The SMILES string of the molecule is CCC(C)Oc1ccc(C(=O)NC(N)=S)cc1. The summed E-state index contributed by atoms with van der Waals surface area (Å²) in [7, 11) is 0. The first kappa shape index (κ1) is 13.4. The second-order valence-corrected chi connectivity index (χ2v) is 4.12. The van der Waals surface area contributed by atoms with Crippen LogP contribution in [-0.4, -0.2) is 17.1 Å². The van der Waals surface area contributed by atoms with Crippen LogP contribution in [-0.2, 0) is 0 Å². The van der Waals surface area contributed by atoms with Gasteiger partial charge >= 0.3 is 0 Å². The average Bonchev–Trinajstić information content (AvgIpc) is 2.28. The van der Waals surface area contributed by atoms with E-state index < -0.39 is 0 Å². The zero-order valence-corrected chi connectivity index (χ0v) is 10.7. The normalized spacial score (nSPS) is 11.6. The number of rotatable bonds is 4. The Morgan fingerprint density at radius 2 is 2.06 bits per heavy atom. The van der Waals surface area contributed by atoms with Crippen LogP contribution < -0.4 is 15.8 Å². The smallest absolute Gasteiger partial charge is 0.257 e. The maximum atomic E-state index is 11.5. The number of carbonyl (C=O) groups is 1. The fraction of sp³-hybridized carbons (Fsp3) is 0.333. The van der Waals surface area contributed by atoms with Gasteiger partial charge in [-0.2, -0.15) is 0 Å². The Labute approximate surface area is 106 Å². The number of thiocarbonyl (C=S) groups is 1. The summed E-state index contributed by atoms with van der Waals surface area (Å²) in [6, 6.07) is 6.85. The van der Waals surface area contributed by atoms with E-state index in [4.69, 9.17) is 10.5 Å². The number of benzene rings is 1. The number of ether oxygens (including phenoxy) is 1. The molecule has 0 saturated carbocycles. The van der Waals surface area contributed by atoms with E-state index in [0.717, 1.165) is 12.2 Å². The van der Waals surface area contributed by atoms with Gasteiger partial charge in [-0.3, -0.25) is 10.1 Å². The summed E-state index contributed by atoms with van der Waals surface area (Å²) in [4.78, 5) is 11.5. The van der Waals surface area contributed by atoms with Crippen LogP contribution in [0.1, 0.15) is 30.6 Å². The molecule has 1 aromatic carbocycles. The lowest BCUT2D eigenvalue weighted by molar-refractivity contribution is 0.0977. The second-order valence-electron chi connectivity index (χ2n) is 3.68. The molecule has 0 aliphatic rings. The van der Waals surface area contributed by atoms with Gasteiger partial charge in [0.25, 0.3) is 5.91 Å². The van der Waals surface area contributed by atoms with Crippen molar-refractivity contribution in [3.05, 3.63) is 29.8 Å². The highest BCUT2D eigenvalue weighted by molar-refractivity contribution is 7.80. The predicted octanol–water partition coefficient (Wildman–Crippen LogP) is 1.84. The molecule has 4 nitrogen and oxygen atoms in total. The lowest BCUT2D eigenvalue weighted by Crippen LogP contribution is -2.34. The molecule has 0 aromatic heterocycles. The molecule has 0 saturated heterocycles. The molecule has 17 heavy (non-hydrogen) atoms. The van der Waals surface area contributed by atoms with E-state index in [1.807, 2.05) is 6.92 Å². The maximum absolute atomic E-state index is 11.5. The van der Waals surface area contributed by atoms with Gasteiger partial charge in [-0.25, -0.2) is 0 Å². The molecule has 1 unspecified atom stereocenters. The minimum absolute atomic E-state index is 0.0325. The Bertz CT molecular complexity index is 403. The van der Waals surface area contributed by atoms with Gasteiger partial charge in [-0.1, -0.05) is 6.92 Å². The van der Waals surface area contributed by atoms with E-state index in [2.05, 4.69) is 24.5 Å². The molecule has 0 aliphatic heterocycles. The molecule has 1 amide bonds. The summed E-state index contributed by atoms with van der Waals surface area (Å²) in [6.07, 6.45) is 1.09. The summed E-state index contributed by atoms with van der Waals surface area (Å²) in [5.41, 5.74) is 5.71. The highest BCUT2D eigenvalue weighted by Gasteiger charge is 2.07. The first-order valence-corrected chi connectivity index (χ1v) is 5.81. The number of amides is 1. The van der Waals surface area contributed by atoms with Gasteiger partial charge in [-0.15, -0.1) is 0 Å². The quantitative estimate of drug-likeness (QED) is 0.803. The van der Waals surface area contributed by atoms with Gasteiger partial charge in [0, 0.05) is 5.56 Å². The first-order chi connectivity index (χ1) is 8.02. The number of hydrogen-bond donors (Lipinski definition) is 2. The van der Waals surface area contributed by atoms with E-state index in [1.54, 1.807) is 24.3 Å². The van der Waals surface area contributed by atoms with E-state index in [0.29, 0.717) is 5.56 Å². The van der Waals surface area contributed by atoms with Gasteiger partial charge in [0.15, 0.2) is 5.11 Å². The fourth-order valence-corrected chi connectivity index (χ4v) is 1.28. The molecule has 3 N–H and O–H groups in total. The summed E-state index contributed by atoms with van der Waals surface area (Å²) < 4.78 is 5.60. The Balaban J connectivity index is 2.67. The molecular formula is C12H16N2O2S. The van der Waals surface area contributed by atoms with Crippen LogP contribution in [0.4, 0.5) is 0 Å². The van der Waals surface area contributed by atoms with Crippen molar-refractivity contribution in [1.82, 2.24) is 5.32 Å². The monoisotopic (exact) mass is 252 g/mol. The largest absolute Gasteiger partial charge is 0.491 e. The second kappa shape index (κ2) is 6.20. The highest BCUT2D eigenvalue weighted by atomic mass is 32.1. The molecule has 0 bridgehead atoms. The van der Waals surface area contributed by atoms with Crippen LogP contribution in [0.25, 0.3) is 0 Å². The number of nitrogens with one attached hydrogen (secondary N) is 1. The maximum Gasteiger partial charge on any atom is 0.257 e.